The van der Waals surface area contributed by atoms with Crippen LogP contribution < -0.4 is 14.8 Å². The smallest absolute Gasteiger partial charge is 0.265 e. The summed E-state index contributed by atoms with van der Waals surface area (Å²) in [6, 6.07) is 8.13. The highest BCUT2D eigenvalue weighted by Gasteiger charge is 2.21. The topological polar surface area (TPSA) is 84.5 Å². The average Bonchev–Trinajstić information content (AvgIpc) is 2.52. The molecule has 0 aliphatic carbocycles. The first-order valence-electron chi connectivity index (χ1n) is 7.25. The van der Waals surface area contributed by atoms with Crippen LogP contribution in [0.5, 0.6) is 5.75 Å². The first-order chi connectivity index (χ1) is 11.7. The number of hydrogen-bond acceptors (Lipinski definition) is 4. The number of anilines is 2. The summed E-state index contributed by atoms with van der Waals surface area (Å²) >= 11 is 3.23. The van der Waals surface area contributed by atoms with Crippen molar-refractivity contribution in [2.24, 2.45) is 0 Å². The minimum Gasteiger partial charge on any atom is -0.492 e. The van der Waals surface area contributed by atoms with Crippen molar-refractivity contribution in [2.75, 3.05) is 16.6 Å². The SMILES string of the molecule is CCOc1ccc(Br)cc1S(=O)(=O)Nc1ccc(F)c(NC(C)=O)c1. The molecule has 0 radical (unpaired) electrons. The Morgan fingerprint density at radius 3 is 2.60 bits per heavy atom. The number of amides is 1. The molecule has 0 saturated heterocycles. The van der Waals surface area contributed by atoms with Crippen molar-refractivity contribution < 1.29 is 22.3 Å². The molecule has 0 bridgehead atoms. The van der Waals surface area contributed by atoms with Crippen LogP contribution in [0.2, 0.25) is 0 Å². The van der Waals surface area contributed by atoms with Gasteiger partial charge in [-0.05, 0) is 43.3 Å². The number of nitrogens with one attached hydrogen (secondary N) is 2. The molecule has 2 aromatic rings. The number of rotatable bonds is 6. The second kappa shape index (κ2) is 7.83. The summed E-state index contributed by atoms with van der Waals surface area (Å²) in [5.74, 6) is -0.942. The molecular weight excluding hydrogens is 415 g/mol. The van der Waals surface area contributed by atoms with Gasteiger partial charge in [0.15, 0.2) is 0 Å². The quantitative estimate of drug-likeness (QED) is 0.730. The second-order valence-corrected chi connectivity index (χ2v) is 7.57. The number of ether oxygens (including phenoxy) is 1. The molecule has 6 nitrogen and oxygen atoms in total. The van der Waals surface area contributed by atoms with Crippen molar-refractivity contribution in [1.29, 1.82) is 0 Å². The van der Waals surface area contributed by atoms with Gasteiger partial charge in [0.1, 0.15) is 16.5 Å². The minimum atomic E-state index is -3.99. The molecule has 0 spiro atoms. The van der Waals surface area contributed by atoms with Crippen LogP contribution >= 0.6 is 15.9 Å². The van der Waals surface area contributed by atoms with Gasteiger partial charge in [0, 0.05) is 11.4 Å². The molecule has 0 fully saturated rings. The van der Waals surface area contributed by atoms with Crippen LogP contribution in [0, 0.1) is 5.82 Å². The molecule has 0 unspecified atom stereocenters. The fourth-order valence-corrected chi connectivity index (χ4v) is 3.78. The van der Waals surface area contributed by atoms with Gasteiger partial charge in [-0.1, -0.05) is 15.9 Å². The normalized spacial score (nSPS) is 11.0. The molecule has 2 rings (SSSR count). The Labute approximate surface area is 153 Å². The third-order valence-electron chi connectivity index (χ3n) is 3.02. The summed E-state index contributed by atoms with van der Waals surface area (Å²) in [4.78, 5) is 11.0. The fraction of sp³-hybridized carbons (Fsp3) is 0.188. The van der Waals surface area contributed by atoms with E-state index in [1.165, 1.54) is 31.2 Å². The molecule has 1 amide bonds. The van der Waals surface area contributed by atoms with E-state index < -0.39 is 21.7 Å². The molecule has 25 heavy (non-hydrogen) atoms. The zero-order valence-corrected chi connectivity index (χ0v) is 15.9. The monoisotopic (exact) mass is 430 g/mol. The van der Waals surface area contributed by atoms with Gasteiger partial charge in [0.2, 0.25) is 5.91 Å². The van der Waals surface area contributed by atoms with E-state index >= 15 is 0 Å². The molecule has 0 aliphatic heterocycles. The van der Waals surface area contributed by atoms with Crippen molar-refractivity contribution in [3.63, 3.8) is 0 Å². The second-order valence-electron chi connectivity index (χ2n) is 5.01. The molecule has 0 atom stereocenters. The Hall–Kier alpha value is -2.13. The highest BCUT2D eigenvalue weighted by molar-refractivity contribution is 9.10. The molecule has 0 heterocycles. The molecule has 2 N–H and O–H groups in total. The Bertz CT molecular complexity index is 903. The van der Waals surface area contributed by atoms with Crippen molar-refractivity contribution in [3.05, 3.63) is 46.7 Å². The van der Waals surface area contributed by atoms with Crippen LogP contribution in [0.1, 0.15) is 13.8 Å². The lowest BCUT2D eigenvalue weighted by atomic mass is 10.2. The van der Waals surface area contributed by atoms with Gasteiger partial charge in [-0.25, -0.2) is 12.8 Å². The summed E-state index contributed by atoms with van der Waals surface area (Å²) < 4.78 is 47.3. The van der Waals surface area contributed by atoms with E-state index in [2.05, 4.69) is 26.0 Å². The maximum Gasteiger partial charge on any atom is 0.265 e. The van der Waals surface area contributed by atoms with Crippen molar-refractivity contribution in [2.45, 2.75) is 18.7 Å². The van der Waals surface area contributed by atoms with E-state index in [-0.39, 0.29) is 22.0 Å². The minimum absolute atomic E-state index is 0.0610. The predicted octanol–water partition coefficient (Wildman–Crippen LogP) is 3.75. The van der Waals surface area contributed by atoms with E-state index in [4.69, 9.17) is 4.74 Å². The van der Waals surface area contributed by atoms with Gasteiger partial charge < -0.3 is 10.1 Å². The van der Waals surface area contributed by atoms with Gasteiger partial charge >= 0.3 is 0 Å². The molecule has 0 saturated carbocycles. The maximum atomic E-state index is 13.7. The lowest BCUT2D eigenvalue weighted by molar-refractivity contribution is -0.114. The van der Waals surface area contributed by atoms with E-state index in [0.29, 0.717) is 11.1 Å². The Balaban J connectivity index is 2.39. The molecular formula is C16H16BrFN2O4S. The van der Waals surface area contributed by atoms with E-state index in [0.717, 1.165) is 6.07 Å². The first-order valence-corrected chi connectivity index (χ1v) is 9.53. The third-order valence-corrected chi connectivity index (χ3v) is 4.92. The lowest BCUT2D eigenvalue weighted by Crippen LogP contribution is -2.15. The maximum absolute atomic E-state index is 13.7. The lowest BCUT2D eigenvalue weighted by Gasteiger charge is -2.14. The first kappa shape index (κ1) is 19.2. The highest BCUT2D eigenvalue weighted by atomic mass is 79.9. The third kappa shape index (κ3) is 4.93. The van der Waals surface area contributed by atoms with E-state index in [1.54, 1.807) is 13.0 Å². The van der Waals surface area contributed by atoms with Crippen LogP contribution in [0.4, 0.5) is 15.8 Å². The summed E-state index contributed by atoms with van der Waals surface area (Å²) in [6.07, 6.45) is 0. The van der Waals surface area contributed by atoms with Gasteiger partial charge in [-0.15, -0.1) is 0 Å². The summed E-state index contributed by atoms with van der Waals surface area (Å²) in [7, 11) is -3.99. The average molecular weight is 431 g/mol. The molecule has 2 aromatic carbocycles. The van der Waals surface area contributed by atoms with Crippen LogP contribution in [0.25, 0.3) is 0 Å². The van der Waals surface area contributed by atoms with Gasteiger partial charge in [0.25, 0.3) is 10.0 Å². The molecule has 0 aliphatic rings. The zero-order valence-electron chi connectivity index (χ0n) is 13.5. The van der Waals surface area contributed by atoms with E-state index in [1.807, 2.05) is 0 Å². The predicted molar refractivity (Wildman–Crippen MR) is 96.8 cm³/mol. The Kier molecular flexibility index (Phi) is 6.02. The fourth-order valence-electron chi connectivity index (χ4n) is 2.05. The number of carbonyl (C=O) groups is 1. The van der Waals surface area contributed by atoms with Crippen molar-refractivity contribution >= 4 is 43.2 Å². The zero-order chi connectivity index (χ0) is 18.6. The summed E-state index contributed by atoms with van der Waals surface area (Å²) in [5, 5.41) is 2.30. The highest BCUT2D eigenvalue weighted by Crippen LogP contribution is 2.30. The summed E-state index contributed by atoms with van der Waals surface area (Å²) in [6.45, 7) is 3.27. The van der Waals surface area contributed by atoms with Crippen LogP contribution in [-0.2, 0) is 14.8 Å². The number of sulfonamides is 1. The van der Waals surface area contributed by atoms with E-state index in [9.17, 15) is 17.6 Å². The van der Waals surface area contributed by atoms with Crippen molar-refractivity contribution in [3.8, 4) is 5.75 Å². The van der Waals surface area contributed by atoms with Gasteiger partial charge in [-0.2, -0.15) is 0 Å². The number of hydrogen-bond donors (Lipinski definition) is 2. The molecule has 0 aromatic heterocycles. The largest absolute Gasteiger partial charge is 0.492 e. The van der Waals surface area contributed by atoms with Crippen LogP contribution in [0.15, 0.2) is 45.8 Å². The number of halogens is 2. The summed E-state index contributed by atoms with van der Waals surface area (Å²) in [5.41, 5.74) is -0.0143. The van der Waals surface area contributed by atoms with Crippen LogP contribution in [0.3, 0.4) is 0 Å². The Morgan fingerprint density at radius 2 is 1.96 bits per heavy atom. The van der Waals surface area contributed by atoms with Gasteiger partial charge in [0.05, 0.1) is 18.0 Å². The van der Waals surface area contributed by atoms with Crippen molar-refractivity contribution in [1.82, 2.24) is 0 Å². The standard InChI is InChI=1S/C16H16BrFN2O4S/c1-3-24-15-7-4-11(17)8-16(15)25(22,23)20-12-5-6-13(18)14(9-12)19-10(2)21/h4-9,20H,3H2,1-2H3,(H,19,21). The van der Waals surface area contributed by atoms with Gasteiger partial charge in [-0.3, -0.25) is 9.52 Å². The molecule has 134 valence electrons. The Morgan fingerprint density at radius 1 is 1.24 bits per heavy atom. The number of carbonyl (C=O) groups excluding carboxylic acids is 1. The molecule has 9 heteroatoms. The number of benzene rings is 2. The van der Waals surface area contributed by atoms with Crippen LogP contribution in [-0.4, -0.2) is 20.9 Å².